The summed E-state index contributed by atoms with van der Waals surface area (Å²) in [5, 5.41) is 4.90. The lowest BCUT2D eigenvalue weighted by molar-refractivity contribution is 1.18. The molecular formula is C64H44N2. The molecule has 0 N–H and O–H groups in total. The molecule has 1 heterocycles. The molecule has 0 saturated carbocycles. The molecule has 0 fully saturated rings. The van der Waals surface area contributed by atoms with Gasteiger partial charge in [0.25, 0.3) is 0 Å². The van der Waals surface area contributed by atoms with Gasteiger partial charge < -0.3 is 9.47 Å². The van der Waals surface area contributed by atoms with Crippen LogP contribution in [0.25, 0.3) is 93.9 Å². The zero-order chi connectivity index (χ0) is 43.8. The van der Waals surface area contributed by atoms with Crippen molar-refractivity contribution in [3.63, 3.8) is 0 Å². The first-order valence-electron chi connectivity index (χ1n) is 22.7. The van der Waals surface area contributed by atoms with Gasteiger partial charge >= 0.3 is 0 Å². The topological polar surface area (TPSA) is 8.17 Å². The molecule has 0 saturated heterocycles. The molecule has 0 aliphatic carbocycles. The van der Waals surface area contributed by atoms with Gasteiger partial charge in [-0.2, -0.15) is 0 Å². The van der Waals surface area contributed by atoms with Gasteiger partial charge in [-0.3, -0.25) is 0 Å². The molecule has 0 unspecified atom stereocenters. The number of aromatic nitrogens is 1. The molecule has 0 aliphatic rings. The van der Waals surface area contributed by atoms with Gasteiger partial charge in [0, 0.05) is 33.5 Å². The predicted octanol–water partition coefficient (Wildman–Crippen LogP) is 17.7. The first kappa shape index (κ1) is 38.9. The fourth-order valence-electron chi connectivity index (χ4n) is 9.90. The van der Waals surface area contributed by atoms with Crippen molar-refractivity contribution in [2.24, 2.45) is 0 Å². The van der Waals surface area contributed by atoms with Crippen molar-refractivity contribution in [1.82, 2.24) is 4.57 Å². The third-order valence-electron chi connectivity index (χ3n) is 13.0. The van der Waals surface area contributed by atoms with E-state index < -0.39 is 0 Å². The van der Waals surface area contributed by atoms with Gasteiger partial charge in [0.15, 0.2) is 0 Å². The van der Waals surface area contributed by atoms with Crippen molar-refractivity contribution in [2.75, 3.05) is 4.90 Å². The largest absolute Gasteiger partial charge is 0.310 e. The van der Waals surface area contributed by atoms with E-state index in [2.05, 4.69) is 276 Å². The summed E-state index contributed by atoms with van der Waals surface area (Å²) in [5.41, 5.74) is 18.7. The van der Waals surface area contributed by atoms with Gasteiger partial charge in [-0.05, 0) is 133 Å². The number of para-hydroxylation sites is 2. The van der Waals surface area contributed by atoms with E-state index in [-0.39, 0.29) is 0 Å². The quantitative estimate of drug-likeness (QED) is 0.141. The van der Waals surface area contributed by atoms with Crippen molar-refractivity contribution >= 4 is 49.6 Å². The van der Waals surface area contributed by atoms with Crippen LogP contribution in [0.5, 0.6) is 0 Å². The number of benzene rings is 11. The second-order valence-corrected chi connectivity index (χ2v) is 16.9. The summed E-state index contributed by atoms with van der Waals surface area (Å²) in [6.07, 6.45) is 0. The van der Waals surface area contributed by atoms with E-state index >= 15 is 0 Å². The van der Waals surface area contributed by atoms with Crippen LogP contribution in [0.4, 0.5) is 17.1 Å². The van der Waals surface area contributed by atoms with E-state index in [1.54, 1.807) is 0 Å². The highest BCUT2D eigenvalue weighted by atomic mass is 15.1. The minimum absolute atomic E-state index is 1.08. The van der Waals surface area contributed by atoms with Crippen LogP contribution in [-0.2, 0) is 0 Å². The fraction of sp³-hybridized carbons (Fsp3) is 0. The molecular weight excluding hydrogens is 797 g/mol. The second-order valence-electron chi connectivity index (χ2n) is 16.9. The van der Waals surface area contributed by atoms with Crippen molar-refractivity contribution < 1.29 is 0 Å². The summed E-state index contributed by atoms with van der Waals surface area (Å²) in [6, 6.07) is 96.9. The van der Waals surface area contributed by atoms with Gasteiger partial charge in [0.2, 0.25) is 0 Å². The summed E-state index contributed by atoms with van der Waals surface area (Å²) in [4.78, 5) is 2.39. The van der Waals surface area contributed by atoms with Gasteiger partial charge in [-0.25, -0.2) is 0 Å². The van der Waals surface area contributed by atoms with E-state index in [1.807, 2.05) is 0 Å². The minimum atomic E-state index is 1.08. The van der Waals surface area contributed by atoms with Crippen LogP contribution in [0.3, 0.4) is 0 Å². The third-order valence-corrected chi connectivity index (χ3v) is 13.0. The molecule has 12 rings (SSSR count). The standard InChI is InChI=1S/C64H44N2/c1-4-19-46(20-5-1)56-28-12-13-30-60(56)64-57(47-21-6-2-7-22-47)31-17-32-58(64)48-35-38-53(39-36-48)65(55-40-34-45-18-10-11-23-49(45)42-55)54-27-16-24-50(43-54)51-37-41-63-61(44-51)59-29-14-15-33-62(59)66(63)52-25-8-3-9-26-52/h1-44H. The van der Waals surface area contributed by atoms with Crippen LogP contribution >= 0.6 is 0 Å². The molecule has 0 radical (unpaired) electrons. The molecule has 0 aliphatic heterocycles. The molecule has 0 bridgehead atoms. The maximum absolute atomic E-state index is 2.39. The lowest BCUT2D eigenvalue weighted by atomic mass is 9.84. The van der Waals surface area contributed by atoms with E-state index in [1.165, 1.54) is 77.1 Å². The first-order chi connectivity index (χ1) is 32.7. The van der Waals surface area contributed by atoms with E-state index in [0.29, 0.717) is 0 Å². The molecule has 11 aromatic carbocycles. The first-order valence-corrected chi connectivity index (χ1v) is 22.7. The summed E-state index contributed by atoms with van der Waals surface area (Å²) in [5.74, 6) is 0. The van der Waals surface area contributed by atoms with Crippen LogP contribution in [-0.4, -0.2) is 4.57 Å². The highest BCUT2D eigenvalue weighted by molar-refractivity contribution is 6.10. The van der Waals surface area contributed by atoms with Crippen molar-refractivity contribution in [3.8, 4) is 61.3 Å². The molecule has 0 amide bonds. The number of nitrogens with zero attached hydrogens (tertiary/aromatic N) is 2. The summed E-state index contributed by atoms with van der Waals surface area (Å²) < 4.78 is 2.37. The molecule has 1 aromatic heterocycles. The Bertz CT molecular complexity index is 3680. The van der Waals surface area contributed by atoms with Crippen LogP contribution in [0.1, 0.15) is 0 Å². The highest BCUT2D eigenvalue weighted by Crippen LogP contribution is 2.45. The Labute approximate surface area is 385 Å². The fourth-order valence-corrected chi connectivity index (χ4v) is 9.90. The number of fused-ring (bicyclic) bond motifs is 4. The number of anilines is 3. The molecule has 310 valence electrons. The van der Waals surface area contributed by atoms with Gasteiger partial charge in [0.05, 0.1) is 11.0 Å². The normalized spacial score (nSPS) is 11.3. The molecule has 12 aromatic rings. The average molecular weight is 841 g/mol. The lowest BCUT2D eigenvalue weighted by Gasteiger charge is -2.27. The highest BCUT2D eigenvalue weighted by Gasteiger charge is 2.20. The van der Waals surface area contributed by atoms with E-state index in [4.69, 9.17) is 0 Å². The Balaban J connectivity index is 0.991. The van der Waals surface area contributed by atoms with Crippen molar-refractivity contribution in [3.05, 3.63) is 267 Å². The predicted molar refractivity (Wildman–Crippen MR) is 280 cm³/mol. The Morgan fingerprint density at radius 1 is 0.258 bits per heavy atom. The van der Waals surface area contributed by atoms with E-state index in [0.717, 1.165) is 33.9 Å². The summed E-state index contributed by atoms with van der Waals surface area (Å²) >= 11 is 0. The third kappa shape index (κ3) is 7.02. The van der Waals surface area contributed by atoms with Crippen molar-refractivity contribution in [2.45, 2.75) is 0 Å². The van der Waals surface area contributed by atoms with Crippen molar-refractivity contribution in [1.29, 1.82) is 0 Å². The monoisotopic (exact) mass is 840 g/mol. The second kappa shape index (κ2) is 16.8. The molecule has 0 spiro atoms. The van der Waals surface area contributed by atoms with Crippen LogP contribution in [0.2, 0.25) is 0 Å². The smallest absolute Gasteiger partial charge is 0.0541 e. The summed E-state index contributed by atoms with van der Waals surface area (Å²) in [6.45, 7) is 0. The maximum atomic E-state index is 2.39. The molecule has 66 heavy (non-hydrogen) atoms. The van der Waals surface area contributed by atoms with Gasteiger partial charge in [0.1, 0.15) is 0 Å². The Morgan fingerprint density at radius 2 is 0.758 bits per heavy atom. The Kier molecular flexibility index (Phi) is 9.89. The molecule has 2 nitrogen and oxygen atoms in total. The van der Waals surface area contributed by atoms with Crippen LogP contribution in [0, 0.1) is 0 Å². The Morgan fingerprint density at radius 3 is 1.52 bits per heavy atom. The van der Waals surface area contributed by atoms with Gasteiger partial charge in [-0.1, -0.05) is 200 Å². The summed E-state index contributed by atoms with van der Waals surface area (Å²) in [7, 11) is 0. The number of hydrogen-bond donors (Lipinski definition) is 0. The zero-order valence-corrected chi connectivity index (χ0v) is 36.3. The molecule has 2 heteroatoms. The van der Waals surface area contributed by atoms with Crippen LogP contribution in [0.15, 0.2) is 267 Å². The maximum Gasteiger partial charge on any atom is 0.0541 e. The SMILES string of the molecule is c1ccc(-c2ccccc2-c2c(-c3ccccc3)cccc2-c2ccc(N(c3cccc(-c4ccc5c(c4)c4ccccc4n5-c4ccccc4)c3)c3ccc4ccccc4c3)cc2)cc1. The average Bonchev–Trinajstić information content (AvgIpc) is 3.73. The lowest BCUT2D eigenvalue weighted by Crippen LogP contribution is -2.10. The number of rotatable bonds is 9. The molecule has 0 atom stereocenters. The van der Waals surface area contributed by atoms with E-state index in [9.17, 15) is 0 Å². The zero-order valence-electron chi connectivity index (χ0n) is 36.3. The Hall–Kier alpha value is -8.72. The van der Waals surface area contributed by atoms with Gasteiger partial charge in [-0.15, -0.1) is 0 Å². The number of hydrogen-bond acceptors (Lipinski definition) is 1. The minimum Gasteiger partial charge on any atom is -0.310 e. The van der Waals surface area contributed by atoms with Crippen LogP contribution < -0.4 is 4.90 Å².